The van der Waals surface area contributed by atoms with Gasteiger partial charge < -0.3 is 0 Å². The summed E-state index contributed by atoms with van der Waals surface area (Å²) in [5.74, 6) is 2.45. The third-order valence-electron chi connectivity index (χ3n) is 5.53. The maximum atomic E-state index is 12.6. The molecule has 1 nitrogen and oxygen atoms in total. The van der Waals surface area contributed by atoms with Crippen LogP contribution in [0, 0.1) is 11.8 Å². The third kappa shape index (κ3) is 6.12. The topological polar surface area (TPSA) is 17.1 Å². The normalized spacial score (nSPS) is 13.8. The van der Waals surface area contributed by atoms with E-state index in [0.29, 0.717) is 42.3 Å². The molecular weight excluding hydrogens is 316 g/mol. The van der Waals surface area contributed by atoms with Crippen molar-refractivity contribution in [2.75, 3.05) is 0 Å². The van der Waals surface area contributed by atoms with E-state index in [2.05, 4.69) is 88.4 Å². The summed E-state index contributed by atoms with van der Waals surface area (Å²) in [5.41, 5.74) is 2.72. The summed E-state index contributed by atoms with van der Waals surface area (Å²) in [5, 5.41) is 0. The molecule has 0 saturated heterocycles. The molecule has 0 N–H and O–H groups in total. The summed E-state index contributed by atoms with van der Waals surface area (Å²) in [6, 6.07) is 21.3. The Bertz CT molecular complexity index is 585. The summed E-state index contributed by atoms with van der Waals surface area (Å²) in [4.78, 5) is 12.6. The number of rotatable bonds is 10. The van der Waals surface area contributed by atoms with E-state index in [1.54, 1.807) is 0 Å². The average molecular weight is 351 g/mol. The van der Waals surface area contributed by atoms with Crippen molar-refractivity contribution >= 4 is 5.78 Å². The lowest BCUT2D eigenvalue weighted by Crippen LogP contribution is -2.12. The molecule has 0 saturated carbocycles. The van der Waals surface area contributed by atoms with Gasteiger partial charge in [-0.25, -0.2) is 0 Å². The van der Waals surface area contributed by atoms with Crippen LogP contribution in [0.25, 0.3) is 0 Å². The number of hydrogen-bond donors (Lipinski definition) is 0. The molecule has 2 rings (SSSR count). The van der Waals surface area contributed by atoms with Crippen LogP contribution < -0.4 is 0 Å². The van der Waals surface area contributed by atoms with Crippen molar-refractivity contribution in [3.05, 3.63) is 71.8 Å². The van der Waals surface area contributed by atoms with Crippen LogP contribution in [0.5, 0.6) is 0 Å². The molecule has 1 heteroatoms. The molecule has 0 aliphatic heterocycles. The van der Waals surface area contributed by atoms with Crippen LogP contribution in [-0.2, 0) is 4.79 Å². The van der Waals surface area contributed by atoms with Crippen molar-refractivity contribution in [1.82, 2.24) is 0 Å². The molecule has 2 atom stereocenters. The monoisotopic (exact) mass is 350 g/mol. The maximum absolute atomic E-state index is 12.6. The zero-order valence-electron chi connectivity index (χ0n) is 16.8. The first-order valence-corrected chi connectivity index (χ1v) is 10.1. The number of Topliss-reactive ketones (excluding diaryl/α,β-unsaturated/α-hetero) is 1. The first kappa shape index (κ1) is 20.4. The lowest BCUT2D eigenvalue weighted by molar-refractivity contribution is -0.119. The Morgan fingerprint density at radius 2 is 1.00 bits per heavy atom. The van der Waals surface area contributed by atoms with E-state index in [1.165, 1.54) is 11.1 Å². The third-order valence-corrected chi connectivity index (χ3v) is 5.53. The maximum Gasteiger partial charge on any atom is 0.132 e. The molecule has 0 radical (unpaired) electrons. The molecule has 2 aromatic carbocycles. The Morgan fingerprint density at radius 1 is 0.654 bits per heavy atom. The summed E-state index contributed by atoms with van der Waals surface area (Å²) >= 11 is 0. The number of ketones is 1. The van der Waals surface area contributed by atoms with Gasteiger partial charge in [0.05, 0.1) is 0 Å². The smallest absolute Gasteiger partial charge is 0.132 e. The SMILES string of the molecule is CC(C)C(CCC(=O)CCC(c1ccccc1)C(C)C)c1ccccc1. The molecule has 0 fully saturated rings. The second-order valence-corrected chi connectivity index (χ2v) is 8.14. The predicted octanol–water partition coefficient (Wildman–Crippen LogP) is 7.00. The lowest BCUT2D eigenvalue weighted by Gasteiger charge is -2.22. The van der Waals surface area contributed by atoms with E-state index in [9.17, 15) is 4.79 Å². The van der Waals surface area contributed by atoms with Gasteiger partial charge in [-0.1, -0.05) is 88.4 Å². The van der Waals surface area contributed by atoms with Crippen molar-refractivity contribution in [2.24, 2.45) is 11.8 Å². The van der Waals surface area contributed by atoms with E-state index >= 15 is 0 Å². The van der Waals surface area contributed by atoms with Gasteiger partial charge in [0, 0.05) is 12.8 Å². The number of benzene rings is 2. The minimum absolute atomic E-state index is 0.410. The number of carbonyl (C=O) groups excluding carboxylic acids is 1. The average Bonchev–Trinajstić information content (AvgIpc) is 2.63. The van der Waals surface area contributed by atoms with Gasteiger partial charge >= 0.3 is 0 Å². The number of hydrogen-bond acceptors (Lipinski definition) is 1. The van der Waals surface area contributed by atoms with Gasteiger partial charge in [-0.2, -0.15) is 0 Å². The first-order chi connectivity index (χ1) is 12.5. The van der Waals surface area contributed by atoms with E-state index < -0.39 is 0 Å². The van der Waals surface area contributed by atoms with E-state index in [-0.39, 0.29) is 0 Å². The Morgan fingerprint density at radius 3 is 1.31 bits per heavy atom. The largest absolute Gasteiger partial charge is 0.300 e. The lowest BCUT2D eigenvalue weighted by atomic mass is 9.82. The fourth-order valence-corrected chi connectivity index (χ4v) is 3.93. The van der Waals surface area contributed by atoms with E-state index in [4.69, 9.17) is 0 Å². The van der Waals surface area contributed by atoms with Crippen molar-refractivity contribution in [1.29, 1.82) is 0 Å². The molecule has 2 aromatic rings. The molecular formula is C25H34O. The van der Waals surface area contributed by atoms with E-state index in [1.807, 2.05) is 0 Å². The van der Waals surface area contributed by atoms with Gasteiger partial charge in [0.25, 0.3) is 0 Å². The van der Waals surface area contributed by atoms with Gasteiger partial charge in [-0.15, -0.1) is 0 Å². The van der Waals surface area contributed by atoms with Crippen LogP contribution in [0.2, 0.25) is 0 Å². The van der Waals surface area contributed by atoms with Crippen molar-refractivity contribution < 1.29 is 4.79 Å². The van der Waals surface area contributed by atoms with Crippen LogP contribution in [0.3, 0.4) is 0 Å². The zero-order valence-corrected chi connectivity index (χ0v) is 16.8. The van der Waals surface area contributed by atoms with Crippen molar-refractivity contribution in [3.8, 4) is 0 Å². The van der Waals surface area contributed by atoms with Gasteiger partial charge in [0.15, 0.2) is 0 Å². The molecule has 0 aliphatic carbocycles. The highest BCUT2D eigenvalue weighted by Gasteiger charge is 2.19. The molecule has 0 amide bonds. The molecule has 0 heterocycles. The van der Waals surface area contributed by atoms with Gasteiger partial charge in [0.1, 0.15) is 5.78 Å². The van der Waals surface area contributed by atoms with Crippen LogP contribution in [-0.4, -0.2) is 5.78 Å². The summed E-state index contributed by atoms with van der Waals surface area (Å²) in [6.07, 6.45) is 3.30. The summed E-state index contributed by atoms with van der Waals surface area (Å²) in [6.45, 7) is 9.03. The zero-order chi connectivity index (χ0) is 18.9. The second-order valence-electron chi connectivity index (χ2n) is 8.14. The molecule has 0 bridgehead atoms. The molecule has 0 spiro atoms. The van der Waals surface area contributed by atoms with Crippen molar-refractivity contribution in [2.45, 2.75) is 65.2 Å². The highest BCUT2D eigenvalue weighted by molar-refractivity contribution is 5.78. The standard InChI is InChI=1S/C25H34O/c1-19(2)24(21-11-7-5-8-12-21)17-15-23(26)16-18-25(20(3)4)22-13-9-6-10-14-22/h5-14,19-20,24-25H,15-18H2,1-4H3. The fraction of sp³-hybridized carbons (Fsp3) is 0.480. The Balaban J connectivity index is 1.89. The molecule has 26 heavy (non-hydrogen) atoms. The van der Waals surface area contributed by atoms with Gasteiger partial charge in [-0.3, -0.25) is 4.79 Å². The molecule has 0 aliphatic rings. The number of carbonyl (C=O) groups is 1. The fourth-order valence-electron chi connectivity index (χ4n) is 3.93. The Kier molecular flexibility index (Phi) is 8.09. The van der Waals surface area contributed by atoms with Gasteiger partial charge in [-0.05, 0) is 47.6 Å². The predicted molar refractivity (Wildman–Crippen MR) is 112 cm³/mol. The first-order valence-electron chi connectivity index (χ1n) is 10.1. The summed E-state index contributed by atoms with van der Waals surface area (Å²) in [7, 11) is 0. The van der Waals surface area contributed by atoms with Crippen LogP contribution in [0.15, 0.2) is 60.7 Å². The molecule has 2 unspecified atom stereocenters. The Hall–Kier alpha value is -1.89. The van der Waals surface area contributed by atoms with Crippen molar-refractivity contribution in [3.63, 3.8) is 0 Å². The minimum Gasteiger partial charge on any atom is -0.300 e. The highest BCUT2D eigenvalue weighted by atomic mass is 16.1. The van der Waals surface area contributed by atoms with Crippen LogP contribution >= 0.6 is 0 Å². The van der Waals surface area contributed by atoms with E-state index in [0.717, 1.165) is 12.8 Å². The van der Waals surface area contributed by atoms with Crippen LogP contribution in [0.1, 0.15) is 76.3 Å². The van der Waals surface area contributed by atoms with Crippen LogP contribution in [0.4, 0.5) is 0 Å². The minimum atomic E-state index is 0.410. The van der Waals surface area contributed by atoms with Gasteiger partial charge in [0.2, 0.25) is 0 Å². The second kappa shape index (κ2) is 10.3. The highest BCUT2D eigenvalue weighted by Crippen LogP contribution is 2.31. The Labute approximate surface area is 159 Å². The molecule has 0 aromatic heterocycles. The molecule has 140 valence electrons. The summed E-state index contributed by atoms with van der Waals surface area (Å²) < 4.78 is 0. The quantitative estimate of drug-likeness (QED) is 0.451.